The van der Waals surface area contributed by atoms with Crippen LogP contribution in [-0.4, -0.2) is 36.0 Å². The SMILES string of the molecule is CC(=O)N1C=Cc2ccccc2C1CC(=O)Nc1cccc(N2CCOC2=O)c1. The van der Waals surface area contributed by atoms with Crippen molar-refractivity contribution in [3.8, 4) is 0 Å². The Balaban J connectivity index is 1.51. The van der Waals surface area contributed by atoms with Gasteiger partial charge in [0, 0.05) is 24.5 Å². The number of fused-ring (bicyclic) bond motifs is 1. The van der Waals surface area contributed by atoms with Crippen molar-refractivity contribution < 1.29 is 19.1 Å². The summed E-state index contributed by atoms with van der Waals surface area (Å²) in [7, 11) is 0. The number of anilines is 2. The van der Waals surface area contributed by atoms with Gasteiger partial charge in [-0.2, -0.15) is 0 Å². The lowest BCUT2D eigenvalue weighted by atomic mass is 9.93. The van der Waals surface area contributed by atoms with Gasteiger partial charge in [0.2, 0.25) is 11.8 Å². The van der Waals surface area contributed by atoms with E-state index in [1.807, 2.05) is 30.3 Å². The van der Waals surface area contributed by atoms with E-state index in [4.69, 9.17) is 4.74 Å². The van der Waals surface area contributed by atoms with Crippen molar-refractivity contribution in [3.63, 3.8) is 0 Å². The lowest BCUT2D eigenvalue weighted by Gasteiger charge is -2.32. The summed E-state index contributed by atoms with van der Waals surface area (Å²) in [5.41, 5.74) is 3.19. The van der Waals surface area contributed by atoms with Gasteiger partial charge in [0.25, 0.3) is 0 Å². The Labute approximate surface area is 168 Å². The van der Waals surface area contributed by atoms with Crippen LogP contribution in [-0.2, 0) is 14.3 Å². The molecule has 7 nitrogen and oxygen atoms in total. The maximum atomic E-state index is 12.8. The monoisotopic (exact) mass is 391 g/mol. The average molecular weight is 391 g/mol. The minimum absolute atomic E-state index is 0.122. The summed E-state index contributed by atoms with van der Waals surface area (Å²) in [4.78, 5) is 39.7. The largest absolute Gasteiger partial charge is 0.447 e. The third kappa shape index (κ3) is 3.85. The first-order valence-corrected chi connectivity index (χ1v) is 9.43. The number of hydrogen-bond acceptors (Lipinski definition) is 4. The van der Waals surface area contributed by atoms with Gasteiger partial charge >= 0.3 is 6.09 Å². The molecular formula is C22H21N3O4. The quantitative estimate of drug-likeness (QED) is 0.865. The van der Waals surface area contributed by atoms with Crippen LogP contribution in [0.15, 0.2) is 54.7 Å². The minimum Gasteiger partial charge on any atom is -0.447 e. The molecule has 148 valence electrons. The number of nitrogens with one attached hydrogen (secondary N) is 1. The third-order valence-corrected chi connectivity index (χ3v) is 5.05. The van der Waals surface area contributed by atoms with E-state index in [0.29, 0.717) is 24.5 Å². The third-order valence-electron chi connectivity index (χ3n) is 5.05. The van der Waals surface area contributed by atoms with Crippen molar-refractivity contribution in [1.82, 2.24) is 4.90 Å². The molecule has 2 aromatic carbocycles. The number of hydrogen-bond donors (Lipinski definition) is 1. The average Bonchev–Trinajstić information content (AvgIpc) is 3.14. The molecule has 2 heterocycles. The molecule has 1 fully saturated rings. The van der Waals surface area contributed by atoms with E-state index >= 15 is 0 Å². The fourth-order valence-corrected chi connectivity index (χ4v) is 3.68. The Morgan fingerprint density at radius 2 is 2.00 bits per heavy atom. The van der Waals surface area contributed by atoms with Crippen molar-refractivity contribution in [2.45, 2.75) is 19.4 Å². The summed E-state index contributed by atoms with van der Waals surface area (Å²) in [6, 6.07) is 14.4. The highest BCUT2D eigenvalue weighted by molar-refractivity contribution is 5.94. The van der Waals surface area contributed by atoms with E-state index in [9.17, 15) is 14.4 Å². The highest BCUT2D eigenvalue weighted by Crippen LogP contribution is 2.33. The molecule has 1 atom stereocenters. The number of rotatable bonds is 4. The van der Waals surface area contributed by atoms with Gasteiger partial charge in [-0.05, 0) is 35.4 Å². The fourth-order valence-electron chi connectivity index (χ4n) is 3.68. The molecule has 4 rings (SSSR count). The van der Waals surface area contributed by atoms with E-state index < -0.39 is 6.09 Å². The molecule has 29 heavy (non-hydrogen) atoms. The fraction of sp³-hybridized carbons (Fsp3) is 0.227. The van der Waals surface area contributed by atoms with Crippen LogP contribution in [0.1, 0.15) is 30.5 Å². The Morgan fingerprint density at radius 3 is 2.76 bits per heavy atom. The summed E-state index contributed by atoms with van der Waals surface area (Å²) in [5, 5.41) is 2.88. The Kier molecular flexibility index (Phi) is 5.03. The standard InChI is InChI=1S/C22H21N3O4/c1-15(26)24-10-9-16-5-2-3-8-19(16)20(24)14-21(27)23-17-6-4-7-18(13-17)25-11-12-29-22(25)28/h2-10,13,20H,11-12,14H2,1H3,(H,23,27). The van der Waals surface area contributed by atoms with Crippen LogP contribution in [0.5, 0.6) is 0 Å². The summed E-state index contributed by atoms with van der Waals surface area (Å²) in [6.07, 6.45) is 3.33. The van der Waals surface area contributed by atoms with Crippen molar-refractivity contribution in [2.24, 2.45) is 0 Å². The predicted octanol–water partition coefficient (Wildman–Crippen LogP) is 3.55. The lowest BCUT2D eigenvalue weighted by molar-refractivity contribution is -0.129. The second-order valence-electron chi connectivity index (χ2n) is 6.96. The Hall–Kier alpha value is -3.61. The number of ether oxygens (including phenoxy) is 1. The summed E-state index contributed by atoms with van der Waals surface area (Å²) < 4.78 is 4.96. The van der Waals surface area contributed by atoms with Gasteiger partial charge in [-0.15, -0.1) is 0 Å². The van der Waals surface area contributed by atoms with Gasteiger partial charge in [-0.3, -0.25) is 14.5 Å². The van der Waals surface area contributed by atoms with Crippen LogP contribution in [0, 0.1) is 0 Å². The molecule has 1 unspecified atom stereocenters. The number of benzene rings is 2. The first-order valence-electron chi connectivity index (χ1n) is 9.43. The molecule has 0 radical (unpaired) electrons. The van der Waals surface area contributed by atoms with Gasteiger partial charge in [-0.1, -0.05) is 30.3 Å². The molecule has 1 N–H and O–H groups in total. The summed E-state index contributed by atoms with van der Waals surface area (Å²) >= 11 is 0. The molecule has 0 spiro atoms. The summed E-state index contributed by atoms with van der Waals surface area (Å²) in [6.45, 7) is 2.32. The maximum absolute atomic E-state index is 12.8. The van der Waals surface area contributed by atoms with Crippen molar-refractivity contribution >= 4 is 35.4 Å². The normalized spacial score (nSPS) is 17.7. The maximum Gasteiger partial charge on any atom is 0.414 e. The van der Waals surface area contributed by atoms with Crippen LogP contribution >= 0.6 is 0 Å². The van der Waals surface area contributed by atoms with E-state index in [0.717, 1.165) is 11.1 Å². The van der Waals surface area contributed by atoms with E-state index in [2.05, 4.69) is 5.32 Å². The van der Waals surface area contributed by atoms with Gasteiger partial charge < -0.3 is 15.0 Å². The lowest BCUT2D eigenvalue weighted by Crippen LogP contribution is -2.33. The molecule has 0 saturated carbocycles. The molecule has 3 amide bonds. The smallest absolute Gasteiger partial charge is 0.414 e. The molecule has 7 heteroatoms. The van der Waals surface area contributed by atoms with Gasteiger partial charge in [0.1, 0.15) is 6.61 Å². The van der Waals surface area contributed by atoms with Crippen molar-refractivity contribution in [2.75, 3.05) is 23.4 Å². The number of amides is 3. The number of nitrogens with zero attached hydrogens (tertiary/aromatic N) is 2. The highest BCUT2D eigenvalue weighted by Gasteiger charge is 2.28. The van der Waals surface area contributed by atoms with E-state index in [1.165, 1.54) is 11.8 Å². The summed E-state index contributed by atoms with van der Waals surface area (Å²) in [5.74, 6) is -0.337. The molecule has 2 aromatic rings. The molecular weight excluding hydrogens is 370 g/mol. The minimum atomic E-state index is -0.392. The zero-order valence-corrected chi connectivity index (χ0v) is 16.0. The van der Waals surface area contributed by atoms with Crippen LogP contribution < -0.4 is 10.2 Å². The molecule has 1 saturated heterocycles. The molecule has 0 aromatic heterocycles. The molecule has 0 aliphatic carbocycles. The second kappa shape index (κ2) is 7.79. The number of carbonyl (C=O) groups excluding carboxylic acids is 3. The number of carbonyl (C=O) groups is 3. The molecule has 0 bridgehead atoms. The topological polar surface area (TPSA) is 79.0 Å². The van der Waals surface area contributed by atoms with Crippen LogP contribution in [0.3, 0.4) is 0 Å². The van der Waals surface area contributed by atoms with Gasteiger partial charge in [0.15, 0.2) is 0 Å². The highest BCUT2D eigenvalue weighted by atomic mass is 16.6. The van der Waals surface area contributed by atoms with Gasteiger partial charge in [-0.25, -0.2) is 4.79 Å². The van der Waals surface area contributed by atoms with Gasteiger partial charge in [0.05, 0.1) is 19.0 Å². The number of cyclic esters (lactones) is 1. The first kappa shape index (κ1) is 18.7. The molecule has 2 aliphatic rings. The van der Waals surface area contributed by atoms with Crippen molar-refractivity contribution in [1.29, 1.82) is 0 Å². The zero-order valence-electron chi connectivity index (χ0n) is 16.0. The second-order valence-corrected chi connectivity index (χ2v) is 6.96. The zero-order chi connectivity index (χ0) is 20.4. The predicted molar refractivity (Wildman–Crippen MR) is 109 cm³/mol. The van der Waals surface area contributed by atoms with Crippen LogP contribution in [0.2, 0.25) is 0 Å². The first-order chi connectivity index (χ1) is 14.0. The van der Waals surface area contributed by atoms with E-state index in [1.54, 1.807) is 35.4 Å². The van der Waals surface area contributed by atoms with E-state index in [-0.39, 0.29) is 24.3 Å². The van der Waals surface area contributed by atoms with Crippen molar-refractivity contribution in [3.05, 3.63) is 65.9 Å². The van der Waals surface area contributed by atoms with Crippen LogP contribution in [0.4, 0.5) is 16.2 Å². The Morgan fingerprint density at radius 1 is 1.17 bits per heavy atom. The van der Waals surface area contributed by atoms with Crippen LogP contribution in [0.25, 0.3) is 6.08 Å². The Bertz CT molecular complexity index is 1000. The molecule has 2 aliphatic heterocycles.